The van der Waals surface area contributed by atoms with Crippen LogP contribution in [0.5, 0.6) is 0 Å². The fraction of sp³-hybridized carbons (Fsp3) is 0.235. The van der Waals surface area contributed by atoms with Gasteiger partial charge in [0, 0.05) is 12.2 Å². The van der Waals surface area contributed by atoms with Gasteiger partial charge in [-0.1, -0.05) is 42.5 Å². The average Bonchev–Trinajstić information content (AvgIpc) is 2.45. The van der Waals surface area contributed by atoms with E-state index in [4.69, 9.17) is 5.73 Å². The number of carbonyl (C=O) groups is 1. The molecule has 2 aromatic rings. The summed E-state index contributed by atoms with van der Waals surface area (Å²) in [5, 5.41) is 2.98. The summed E-state index contributed by atoms with van der Waals surface area (Å²) in [5.41, 5.74) is 9.73. The zero-order valence-electron chi connectivity index (χ0n) is 11.9. The fourth-order valence-electron chi connectivity index (χ4n) is 2.17. The minimum absolute atomic E-state index is 0.0626. The second kappa shape index (κ2) is 6.35. The van der Waals surface area contributed by atoms with E-state index in [1.165, 1.54) is 0 Å². The van der Waals surface area contributed by atoms with Gasteiger partial charge in [-0.25, -0.2) is 0 Å². The lowest BCUT2D eigenvalue weighted by Crippen LogP contribution is -2.27. The third-order valence-electron chi connectivity index (χ3n) is 3.41. The van der Waals surface area contributed by atoms with Gasteiger partial charge in [0.25, 0.3) is 0 Å². The molecule has 2 aromatic carbocycles. The van der Waals surface area contributed by atoms with Crippen molar-refractivity contribution in [3.63, 3.8) is 0 Å². The quantitative estimate of drug-likeness (QED) is 0.895. The van der Waals surface area contributed by atoms with Crippen molar-refractivity contribution in [1.82, 2.24) is 0 Å². The van der Waals surface area contributed by atoms with Gasteiger partial charge in [0.1, 0.15) is 0 Å². The minimum Gasteiger partial charge on any atom is -0.329 e. The number of hydrogen-bond donors (Lipinski definition) is 2. The van der Waals surface area contributed by atoms with E-state index in [2.05, 4.69) is 5.32 Å². The van der Waals surface area contributed by atoms with Crippen LogP contribution in [0.15, 0.2) is 48.5 Å². The molecule has 1 atom stereocenters. The number of rotatable bonds is 4. The summed E-state index contributed by atoms with van der Waals surface area (Å²) < 4.78 is 0. The van der Waals surface area contributed by atoms with Crippen molar-refractivity contribution < 1.29 is 4.79 Å². The van der Waals surface area contributed by atoms with Crippen molar-refractivity contribution in [3.8, 4) is 0 Å². The van der Waals surface area contributed by atoms with Gasteiger partial charge in [-0.2, -0.15) is 0 Å². The van der Waals surface area contributed by atoms with Crippen molar-refractivity contribution in [1.29, 1.82) is 0 Å². The largest absolute Gasteiger partial charge is 0.329 e. The molecule has 0 saturated heterocycles. The van der Waals surface area contributed by atoms with Crippen LogP contribution in [0.25, 0.3) is 0 Å². The maximum absolute atomic E-state index is 12.4. The summed E-state index contributed by atoms with van der Waals surface area (Å²) in [5.74, 6) is -0.386. The molecule has 1 amide bonds. The lowest BCUT2D eigenvalue weighted by molar-refractivity contribution is -0.117. The Bertz CT molecular complexity index is 593. The Balaban J connectivity index is 2.20. The third-order valence-corrected chi connectivity index (χ3v) is 3.41. The van der Waals surface area contributed by atoms with Crippen LogP contribution >= 0.6 is 0 Å². The lowest BCUT2D eigenvalue weighted by atomic mass is 9.98. The van der Waals surface area contributed by atoms with E-state index < -0.39 is 0 Å². The molecule has 0 aliphatic rings. The van der Waals surface area contributed by atoms with Crippen LogP contribution in [0.3, 0.4) is 0 Å². The molecule has 104 valence electrons. The molecule has 0 aromatic heterocycles. The zero-order chi connectivity index (χ0) is 14.5. The standard InChI is InChI=1S/C17H20N2O/c1-12-8-9-13(2)16(10-12)19-17(20)15(11-18)14-6-4-3-5-7-14/h3-10,15H,11,18H2,1-2H3,(H,19,20). The Hall–Kier alpha value is -2.13. The maximum Gasteiger partial charge on any atom is 0.233 e. The predicted molar refractivity (Wildman–Crippen MR) is 82.8 cm³/mol. The fourth-order valence-corrected chi connectivity index (χ4v) is 2.17. The van der Waals surface area contributed by atoms with Crippen LogP contribution in [0, 0.1) is 13.8 Å². The number of aryl methyl sites for hydroxylation is 2. The second-order valence-corrected chi connectivity index (χ2v) is 5.01. The Morgan fingerprint density at radius 1 is 1.15 bits per heavy atom. The normalized spacial score (nSPS) is 11.9. The lowest BCUT2D eigenvalue weighted by Gasteiger charge is -2.16. The van der Waals surface area contributed by atoms with Gasteiger partial charge in [-0.05, 0) is 36.6 Å². The van der Waals surface area contributed by atoms with Gasteiger partial charge in [0.05, 0.1) is 5.92 Å². The molecule has 0 heterocycles. The molecular formula is C17H20N2O. The summed E-state index contributed by atoms with van der Waals surface area (Å²) in [6.07, 6.45) is 0. The van der Waals surface area contributed by atoms with Crippen LogP contribution in [0.2, 0.25) is 0 Å². The topological polar surface area (TPSA) is 55.1 Å². The van der Waals surface area contributed by atoms with Crippen molar-refractivity contribution in [2.75, 3.05) is 11.9 Å². The highest BCUT2D eigenvalue weighted by atomic mass is 16.1. The third kappa shape index (κ3) is 3.25. The van der Waals surface area contributed by atoms with Crippen LogP contribution in [0.1, 0.15) is 22.6 Å². The number of carbonyl (C=O) groups excluding carboxylic acids is 1. The van der Waals surface area contributed by atoms with E-state index in [1.807, 2.05) is 62.4 Å². The molecule has 0 saturated carbocycles. The van der Waals surface area contributed by atoms with Gasteiger partial charge < -0.3 is 11.1 Å². The van der Waals surface area contributed by atoms with E-state index in [9.17, 15) is 4.79 Å². The van der Waals surface area contributed by atoms with E-state index in [-0.39, 0.29) is 11.8 Å². The van der Waals surface area contributed by atoms with Crippen LogP contribution in [-0.2, 0) is 4.79 Å². The highest BCUT2D eigenvalue weighted by molar-refractivity contribution is 5.96. The summed E-state index contributed by atoms with van der Waals surface area (Å²) in [6.45, 7) is 4.28. The number of nitrogens with two attached hydrogens (primary N) is 1. The Labute approximate surface area is 119 Å². The average molecular weight is 268 g/mol. The number of nitrogens with one attached hydrogen (secondary N) is 1. The Morgan fingerprint density at radius 3 is 2.50 bits per heavy atom. The molecule has 3 nitrogen and oxygen atoms in total. The summed E-state index contributed by atoms with van der Waals surface area (Å²) >= 11 is 0. The first-order valence-corrected chi connectivity index (χ1v) is 6.75. The van der Waals surface area contributed by atoms with Gasteiger partial charge >= 0.3 is 0 Å². The van der Waals surface area contributed by atoms with Crippen LogP contribution in [0.4, 0.5) is 5.69 Å². The van der Waals surface area contributed by atoms with E-state index in [0.29, 0.717) is 6.54 Å². The van der Waals surface area contributed by atoms with Crippen molar-refractivity contribution in [2.45, 2.75) is 19.8 Å². The highest BCUT2D eigenvalue weighted by Gasteiger charge is 2.19. The number of anilines is 1. The molecule has 0 aliphatic heterocycles. The van der Waals surface area contributed by atoms with E-state index in [1.54, 1.807) is 0 Å². The first-order valence-electron chi connectivity index (χ1n) is 6.75. The SMILES string of the molecule is Cc1ccc(C)c(NC(=O)C(CN)c2ccccc2)c1. The maximum atomic E-state index is 12.4. The minimum atomic E-state index is -0.323. The summed E-state index contributed by atoms with van der Waals surface area (Å²) in [7, 11) is 0. The molecular weight excluding hydrogens is 248 g/mol. The molecule has 20 heavy (non-hydrogen) atoms. The highest BCUT2D eigenvalue weighted by Crippen LogP contribution is 2.20. The summed E-state index contributed by atoms with van der Waals surface area (Å²) in [6, 6.07) is 15.6. The smallest absolute Gasteiger partial charge is 0.233 e. The van der Waals surface area contributed by atoms with Crippen molar-refractivity contribution >= 4 is 11.6 Å². The molecule has 0 spiro atoms. The number of benzene rings is 2. The van der Waals surface area contributed by atoms with Crippen molar-refractivity contribution in [3.05, 3.63) is 65.2 Å². The Kier molecular flexibility index (Phi) is 4.53. The molecule has 0 bridgehead atoms. The van der Waals surface area contributed by atoms with Crippen LogP contribution in [-0.4, -0.2) is 12.5 Å². The molecule has 0 radical (unpaired) electrons. The van der Waals surface area contributed by atoms with Gasteiger partial charge in [0.15, 0.2) is 0 Å². The van der Waals surface area contributed by atoms with E-state index in [0.717, 1.165) is 22.4 Å². The molecule has 2 rings (SSSR count). The van der Waals surface area contributed by atoms with Crippen LogP contribution < -0.4 is 11.1 Å². The number of amides is 1. The number of hydrogen-bond acceptors (Lipinski definition) is 2. The monoisotopic (exact) mass is 268 g/mol. The van der Waals surface area contributed by atoms with Gasteiger partial charge in [0.2, 0.25) is 5.91 Å². The van der Waals surface area contributed by atoms with Gasteiger partial charge in [-0.3, -0.25) is 4.79 Å². The molecule has 0 fully saturated rings. The molecule has 3 heteroatoms. The Morgan fingerprint density at radius 2 is 1.85 bits per heavy atom. The first-order chi connectivity index (χ1) is 9.61. The predicted octanol–water partition coefficient (Wildman–Crippen LogP) is 2.98. The molecule has 3 N–H and O–H groups in total. The molecule has 1 unspecified atom stereocenters. The molecule has 0 aliphatic carbocycles. The first kappa shape index (κ1) is 14.3. The summed E-state index contributed by atoms with van der Waals surface area (Å²) in [4.78, 5) is 12.4. The second-order valence-electron chi connectivity index (χ2n) is 5.01. The zero-order valence-corrected chi connectivity index (χ0v) is 11.9. The van der Waals surface area contributed by atoms with Gasteiger partial charge in [-0.15, -0.1) is 0 Å². The van der Waals surface area contributed by atoms with E-state index >= 15 is 0 Å². The van der Waals surface area contributed by atoms with Crippen molar-refractivity contribution in [2.24, 2.45) is 5.73 Å².